The summed E-state index contributed by atoms with van der Waals surface area (Å²) in [7, 11) is 0. The lowest BCUT2D eigenvalue weighted by molar-refractivity contribution is -0.115. The number of rotatable bonds is 4. The second-order valence-corrected chi connectivity index (χ2v) is 4.74. The monoisotopic (exact) mass is 276 g/mol. The summed E-state index contributed by atoms with van der Waals surface area (Å²) in [6.07, 6.45) is 1.14. The number of amides is 1. The molecule has 1 aromatic carbocycles. The van der Waals surface area contributed by atoms with Gasteiger partial charge in [-0.1, -0.05) is 6.92 Å². The number of anilines is 1. The molecule has 2 rings (SSSR count). The molecule has 1 heterocycles. The average molecular weight is 276 g/mol. The molecule has 0 radical (unpaired) electrons. The van der Waals surface area contributed by atoms with Crippen LogP contribution in [0.1, 0.15) is 19.0 Å². The van der Waals surface area contributed by atoms with Crippen molar-refractivity contribution in [3.05, 3.63) is 40.2 Å². The molecule has 1 amide bonds. The second kappa shape index (κ2) is 5.93. The number of carbonyl (C=O) groups is 1. The number of aryl methyl sites for hydroxylation is 1. The molecule has 0 spiro atoms. The standard InChI is InChI=1S/C14H16N2O2S/c1-2-9-8-13(17)11-7-10(3-4-12(11)15-9)16-14(18)5-6-19/h3-4,7-8,19H,2,5-6H2,1H3,(H,15,17)(H,16,18). The number of pyridine rings is 1. The maximum absolute atomic E-state index is 12.0. The first-order chi connectivity index (χ1) is 9.13. The van der Waals surface area contributed by atoms with Crippen molar-refractivity contribution in [3.63, 3.8) is 0 Å². The van der Waals surface area contributed by atoms with Gasteiger partial charge in [-0.2, -0.15) is 12.6 Å². The fourth-order valence-corrected chi connectivity index (χ4v) is 2.10. The molecule has 100 valence electrons. The first-order valence-electron chi connectivity index (χ1n) is 6.20. The fraction of sp³-hybridized carbons (Fsp3) is 0.286. The van der Waals surface area contributed by atoms with Gasteiger partial charge in [0.15, 0.2) is 5.43 Å². The Morgan fingerprint density at radius 1 is 1.37 bits per heavy atom. The molecule has 1 aromatic heterocycles. The highest BCUT2D eigenvalue weighted by atomic mass is 32.1. The molecular formula is C14H16N2O2S. The Hall–Kier alpha value is -1.75. The zero-order chi connectivity index (χ0) is 13.8. The predicted octanol–water partition coefficient (Wildman–Crippen LogP) is 2.35. The van der Waals surface area contributed by atoms with E-state index in [9.17, 15) is 9.59 Å². The van der Waals surface area contributed by atoms with Gasteiger partial charge in [-0.05, 0) is 30.4 Å². The highest BCUT2D eigenvalue weighted by Gasteiger charge is 2.05. The molecule has 0 fully saturated rings. The SMILES string of the molecule is CCc1cc(=O)c2cc(NC(=O)CCS)ccc2[nH]1. The van der Waals surface area contributed by atoms with Crippen molar-refractivity contribution in [2.24, 2.45) is 0 Å². The molecule has 0 saturated carbocycles. The Bertz CT molecular complexity index is 664. The van der Waals surface area contributed by atoms with Gasteiger partial charge in [0, 0.05) is 34.8 Å². The summed E-state index contributed by atoms with van der Waals surface area (Å²) >= 11 is 4.01. The Kier molecular flexibility index (Phi) is 4.27. The lowest BCUT2D eigenvalue weighted by atomic mass is 10.1. The van der Waals surface area contributed by atoms with Gasteiger partial charge < -0.3 is 10.3 Å². The van der Waals surface area contributed by atoms with Crippen LogP contribution in [0.4, 0.5) is 5.69 Å². The molecular weight excluding hydrogens is 260 g/mol. The van der Waals surface area contributed by atoms with Crippen molar-refractivity contribution in [2.75, 3.05) is 11.1 Å². The molecule has 0 aliphatic rings. The topological polar surface area (TPSA) is 62.0 Å². The van der Waals surface area contributed by atoms with E-state index >= 15 is 0 Å². The largest absolute Gasteiger partial charge is 0.358 e. The maximum Gasteiger partial charge on any atom is 0.225 e. The molecule has 4 nitrogen and oxygen atoms in total. The van der Waals surface area contributed by atoms with E-state index in [1.165, 1.54) is 0 Å². The fourth-order valence-electron chi connectivity index (χ4n) is 1.90. The third kappa shape index (κ3) is 3.17. The summed E-state index contributed by atoms with van der Waals surface area (Å²) in [5, 5.41) is 3.33. The van der Waals surface area contributed by atoms with Crippen LogP contribution in [-0.4, -0.2) is 16.6 Å². The number of fused-ring (bicyclic) bond motifs is 1. The minimum Gasteiger partial charge on any atom is -0.358 e. The molecule has 2 aromatic rings. The van der Waals surface area contributed by atoms with Crippen LogP contribution in [0.5, 0.6) is 0 Å². The second-order valence-electron chi connectivity index (χ2n) is 4.29. The number of benzene rings is 1. The number of aromatic amines is 1. The summed E-state index contributed by atoms with van der Waals surface area (Å²) in [5.74, 6) is 0.399. The Labute approximate surface area is 116 Å². The lowest BCUT2D eigenvalue weighted by Gasteiger charge is -2.06. The van der Waals surface area contributed by atoms with Crippen molar-refractivity contribution in [2.45, 2.75) is 19.8 Å². The number of aromatic nitrogens is 1. The van der Waals surface area contributed by atoms with Crippen molar-refractivity contribution in [3.8, 4) is 0 Å². The molecule has 19 heavy (non-hydrogen) atoms. The van der Waals surface area contributed by atoms with Crippen LogP contribution in [0.25, 0.3) is 10.9 Å². The minimum absolute atomic E-state index is 0.0316. The Morgan fingerprint density at radius 2 is 2.16 bits per heavy atom. The van der Waals surface area contributed by atoms with Crippen LogP contribution in [0.2, 0.25) is 0 Å². The summed E-state index contributed by atoms with van der Waals surface area (Å²) in [5.41, 5.74) is 2.30. The Morgan fingerprint density at radius 3 is 2.84 bits per heavy atom. The van der Waals surface area contributed by atoms with Crippen LogP contribution in [0, 0.1) is 0 Å². The number of nitrogens with one attached hydrogen (secondary N) is 2. The van der Waals surface area contributed by atoms with Crippen LogP contribution in [0.15, 0.2) is 29.1 Å². The number of thiol groups is 1. The van der Waals surface area contributed by atoms with E-state index in [1.807, 2.05) is 13.0 Å². The molecule has 0 unspecified atom stereocenters. The molecule has 2 N–H and O–H groups in total. The number of hydrogen-bond donors (Lipinski definition) is 3. The van der Waals surface area contributed by atoms with Crippen molar-refractivity contribution < 1.29 is 4.79 Å². The average Bonchev–Trinajstić information content (AvgIpc) is 2.39. The first kappa shape index (κ1) is 13.7. The molecule has 0 aliphatic heterocycles. The third-order valence-corrected chi connectivity index (χ3v) is 3.11. The molecule has 0 atom stereocenters. The van der Waals surface area contributed by atoms with Gasteiger partial charge >= 0.3 is 0 Å². The van der Waals surface area contributed by atoms with Gasteiger partial charge in [0.2, 0.25) is 5.91 Å². The van der Waals surface area contributed by atoms with Crippen LogP contribution in [-0.2, 0) is 11.2 Å². The van der Waals surface area contributed by atoms with Crippen LogP contribution < -0.4 is 10.7 Å². The van der Waals surface area contributed by atoms with E-state index in [-0.39, 0.29) is 11.3 Å². The van der Waals surface area contributed by atoms with Gasteiger partial charge in [0.25, 0.3) is 0 Å². The predicted molar refractivity (Wildman–Crippen MR) is 81.0 cm³/mol. The van der Waals surface area contributed by atoms with Gasteiger partial charge in [0.1, 0.15) is 0 Å². The molecule has 0 bridgehead atoms. The van der Waals surface area contributed by atoms with Crippen LogP contribution >= 0.6 is 12.6 Å². The van der Waals surface area contributed by atoms with Gasteiger partial charge in [-0.15, -0.1) is 0 Å². The summed E-state index contributed by atoms with van der Waals surface area (Å²) in [4.78, 5) is 26.7. The summed E-state index contributed by atoms with van der Waals surface area (Å²) < 4.78 is 0. The molecule has 0 saturated heterocycles. The van der Waals surface area contributed by atoms with E-state index in [2.05, 4.69) is 22.9 Å². The lowest BCUT2D eigenvalue weighted by Crippen LogP contribution is -2.12. The third-order valence-electron chi connectivity index (χ3n) is 2.89. The minimum atomic E-state index is -0.101. The highest BCUT2D eigenvalue weighted by Crippen LogP contribution is 2.15. The normalized spacial score (nSPS) is 10.6. The van der Waals surface area contributed by atoms with Crippen molar-refractivity contribution in [1.29, 1.82) is 0 Å². The smallest absolute Gasteiger partial charge is 0.225 e. The summed E-state index contributed by atoms with van der Waals surface area (Å²) in [6.45, 7) is 1.99. The zero-order valence-corrected chi connectivity index (χ0v) is 11.6. The van der Waals surface area contributed by atoms with Gasteiger partial charge in [-0.25, -0.2) is 0 Å². The Balaban J connectivity index is 2.38. The van der Waals surface area contributed by atoms with Crippen molar-refractivity contribution >= 4 is 35.1 Å². The number of H-pyrrole nitrogens is 1. The number of carbonyl (C=O) groups excluding carboxylic acids is 1. The van der Waals surface area contributed by atoms with Crippen LogP contribution in [0.3, 0.4) is 0 Å². The summed E-state index contributed by atoms with van der Waals surface area (Å²) in [6, 6.07) is 6.89. The van der Waals surface area contributed by atoms with Gasteiger partial charge in [-0.3, -0.25) is 9.59 Å². The van der Waals surface area contributed by atoms with E-state index in [0.717, 1.165) is 17.6 Å². The van der Waals surface area contributed by atoms with E-state index < -0.39 is 0 Å². The highest BCUT2D eigenvalue weighted by molar-refractivity contribution is 7.80. The van der Waals surface area contributed by atoms with E-state index in [1.54, 1.807) is 18.2 Å². The molecule has 0 aliphatic carbocycles. The number of hydrogen-bond acceptors (Lipinski definition) is 3. The van der Waals surface area contributed by atoms with E-state index in [4.69, 9.17) is 0 Å². The first-order valence-corrected chi connectivity index (χ1v) is 6.84. The quantitative estimate of drug-likeness (QED) is 0.751. The molecule has 5 heteroatoms. The maximum atomic E-state index is 12.0. The van der Waals surface area contributed by atoms with Gasteiger partial charge in [0.05, 0.1) is 0 Å². The van der Waals surface area contributed by atoms with Crippen molar-refractivity contribution in [1.82, 2.24) is 4.98 Å². The van der Waals surface area contributed by atoms with E-state index in [0.29, 0.717) is 23.2 Å². The zero-order valence-electron chi connectivity index (χ0n) is 10.7.